The summed E-state index contributed by atoms with van der Waals surface area (Å²) in [5.41, 5.74) is 1.78. The van der Waals surface area contributed by atoms with E-state index < -0.39 is 11.7 Å². The molecule has 1 aromatic heterocycles. The van der Waals surface area contributed by atoms with Gasteiger partial charge in [0.05, 0.1) is 16.6 Å². The molecule has 3 rings (SSSR count). The Morgan fingerprint density at radius 2 is 2.05 bits per heavy atom. The van der Waals surface area contributed by atoms with E-state index in [4.69, 9.17) is 0 Å². The van der Waals surface area contributed by atoms with Gasteiger partial charge in [-0.15, -0.1) is 0 Å². The number of H-pyrrole nitrogens is 1. The van der Waals surface area contributed by atoms with E-state index in [-0.39, 0.29) is 5.56 Å². The van der Waals surface area contributed by atoms with Crippen molar-refractivity contribution in [1.82, 2.24) is 9.97 Å². The van der Waals surface area contributed by atoms with Crippen molar-refractivity contribution in [1.29, 1.82) is 0 Å². The molecule has 0 atom stereocenters. The van der Waals surface area contributed by atoms with E-state index >= 15 is 0 Å². The molecule has 0 unspecified atom stereocenters. The van der Waals surface area contributed by atoms with Crippen LogP contribution >= 0.6 is 15.9 Å². The van der Waals surface area contributed by atoms with Gasteiger partial charge in [0.15, 0.2) is 0 Å². The lowest BCUT2D eigenvalue weighted by Gasteiger charge is -2.04. The van der Waals surface area contributed by atoms with Gasteiger partial charge in [-0.1, -0.05) is 12.1 Å². The first-order valence-corrected chi connectivity index (χ1v) is 6.64. The van der Waals surface area contributed by atoms with Crippen LogP contribution < -0.4 is 5.32 Å². The average Bonchev–Trinajstić information content (AvgIpc) is 2.83. The molecular weight excluding hydrogens is 325 g/mol. The van der Waals surface area contributed by atoms with Crippen LogP contribution in [-0.4, -0.2) is 15.9 Å². The molecule has 6 heteroatoms. The fraction of sp³-hybridized carbons (Fsp3) is 0. The highest BCUT2D eigenvalue weighted by atomic mass is 79.9. The van der Waals surface area contributed by atoms with Gasteiger partial charge in [0.2, 0.25) is 5.95 Å². The lowest BCUT2D eigenvalue weighted by Crippen LogP contribution is -2.13. The van der Waals surface area contributed by atoms with E-state index in [1.165, 1.54) is 18.2 Å². The molecule has 0 spiro atoms. The van der Waals surface area contributed by atoms with E-state index in [0.717, 1.165) is 11.0 Å². The fourth-order valence-corrected chi connectivity index (χ4v) is 2.29. The normalized spacial score (nSPS) is 10.7. The van der Waals surface area contributed by atoms with Crippen molar-refractivity contribution in [3.05, 3.63) is 58.3 Å². The number of halogens is 2. The summed E-state index contributed by atoms with van der Waals surface area (Å²) in [4.78, 5) is 19.3. The number of amides is 1. The van der Waals surface area contributed by atoms with E-state index in [1.807, 2.05) is 24.3 Å². The molecule has 0 aliphatic carbocycles. The van der Waals surface area contributed by atoms with Crippen molar-refractivity contribution < 1.29 is 9.18 Å². The second-order valence-corrected chi connectivity index (χ2v) is 5.04. The highest BCUT2D eigenvalue weighted by Gasteiger charge is 2.13. The lowest BCUT2D eigenvalue weighted by molar-refractivity contribution is 0.102. The summed E-state index contributed by atoms with van der Waals surface area (Å²) in [5.74, 6) is -0.578. The summed E-state index contributed by atoms with van der Waals surface area (Å²) < 4.78 is 13.7. The van der Waals surface area contributed by atoms with E-state index in [9.17, 15) is 9.18 Å². The van der Waals surface area contributed by atoms with Crippen LogP contribution in [0.2, 0.25) is 0 Å². The van der Waals surface area contributed by atoms with Crippen LogP contribution in [-0.2, 0) is 0 Å². The first-order valence-electron chi connectivity index (χ1n) is 5.84. The van der Waals surface area contributed by atoms with Gasteiger partial charge in [-0.3, -0.25) is 10.1 Å². The number of para-hydroxylation sites is 2. The maximum atomic E-state index is 13.2. The van der Waals surface area contributed by atoms with Crippen molar-refractivity contribution >= 4 is 38.8 Å². The van der Waals surface area contributed by atoms with Gasteiger partial charge in [0.1, 0.15) is 5.82 Å². The van der Waals surface area contributed by atoms with Crippen molar-refractivity contribution in [3.63, 3.8) is 0 Å². The Labute approximate surface area is 122 Å². The number of carbonyl (C=O) groups is 1. The summed E-state index contributed by atoms with van der Waals surface area (Å²) >= 11 is 3.22. The number of benzene rings is 2. The Morgan fingerprint density at radius 3 is 2.85 bits per heavy atom. The van der Waals surface area contributed by atoms with Gasteiger partial charge >= 0.3 is 0 Å². The molecule has 0 saturated heterocycles. The quantitative estimate of drug-likeness (QED) is 0.750. The minimum atomic E-state index is -0.469. The van der Waals surface area contributed by atoms with Crippen LogP contribution in [0.3, 0.4) is 0 Å². The number of imidazole rings is 1. The third kappa shape index (κ3) is 2.42. The maximum absolute atomic E-state index is 13.2. The molecule has 0 aliphatic heterocycles. The average molecular weight is 334 g/mol. The zero-order valence-electron chi connectivity index (χ0n) is 10.2. The number of nitrogens with one attached hydrogen (secondary N) is 2. The number of hydrogen-bond acceptors (Lipinski definition) is 2. The molecule has 1 heterocycles. The molecule has 0 saturated carbocycles. The topological polar surface area (TPSA) is 57.8 Å². The molecule has 3 aromatic rings. The standard InChI is InChI=1S/C14H9BrFN3O/c15-10-6-5-8(16)7-9(10)13(20)19-14-17-11-3-1-2-4-12(11)18-14/h1-7H,(H2,17,18,19,20). The molecule has 2 N–H and O–H groups in total. The molecule has 100 valence electrons. The number of carbonyl (C=O) groups excluding carboxylic acids is 1. The van der Waals surface area contributed by atoms with Crippen LogP contribution in [0.25, 0.3) is 11.0 Å². The molecule has 0 radical (unpaired) electrons. The highest BCUT2D eigenvalue weighted by molar-refractivity contribution is 9.10. The predicted molar refractivity (Wildman–Crippen MR) is 78.1 cm³/mol. The minimum Gasteiger partial charge on any atom is -0.324 e. The molecule has 2 aromatic carbocycles. The third-order valence-corrected chi connectivity index (χ3v) is 3.49. The Kier molecular flexibility index (Phi) is 3.23. The highest BCUT2D eigenvalue weighted by Crippen LogP contribution is 2.20. The zero-order valence-corrected chi connectivity index (χ0v) is 11.7. The smallest absolute Gasteiger partial charge is 0.259 e. The second-order valence-electron chi connectivity index (χ2n) is 4.18. The number of hydrogen-bond donors (Lipinski definition) is 2. The number of nitrogens with zero attached hydrogens (tertiary/aromatic N) is 1. The number of anilines is 1. The Morgan fingerprint density at radius 1 is 1.25 bits per heavy atom. The number of aromatic nitrogens is 2. The molecule has 0 fully saturated rings. The number of rotatable bonds is 2. The Balaban J connectivity index is 1.90. The third-order valence-electron chi connectivity index (χ3n) is 2.79. The van der Waals surface area contributed by atoms with Crippen LogP contribution in [0.4, 0.5) is 10.3 Å². The largest absolute Gasteiger partial charge is 0.324 e. The summed E-state index contributed by atoms with van der Waals surface area (Å²) in [5, 5.41) is 2.61. The van der Waals surface area contributed by atoms with Crippen LogP contribution in [0, 0.1) is 5.82 Å². The lowest BCUT2D eigenvalue weighted by atomic mass is 10.2. The van der Waals surface area contributed by atoms with Crippen molar-refractivity contribution in [2.45, 2.75) is 0 Å². The summed E-state index contributed by atoms with van der Waals surface area (Å²) in [6, 6.07) is 11.4. The molecular formula is C14H9BrFN3O. The minimum absolute atomic E-state index is 0.213. The predicted octanol–water partition coefficient (Wildman–Crippen LogP) is 3.72. The van der Waals surface area contributed by atoms with Gasteiger partial charge in [0.25, 0.3) is 5.91 Å². The molecule has 1 amide bonds. The van der Waals surface area contributed by atoms with E-state index in [0.29, 0.717) is 10.4 Å². The Hall–Kier alpha value is -2.21. The number of fused-ring (bicyclic) bond motifs is 1. The van der Waals surface area contributed by atoms with Gasteiger partial charge in [-0.05, 0) is 46.3 Å². The van der Waals surface area contributed by atoms with Crippen LogP contribution in [0.5, 0.6) is 0 Å². The summed E-state index contributed by atoms with van der Waals surface area (Å²) in [7, 11) is 0. The summed E-state index contributed by atoms with van der Waals surface area (Å²) in [6.45, 7) is 0. The maximum Gasteiger partial charge on any atom is 0.259 e. The SMILES string of the molecule is O=C(Nc1nc2ccccc2[nH]1)c1cc(F)ccc1Br. The van der Waals surface area contributed by atoms with Crippen molar-refractivity contribution in [3.8, 4) is 0 Å². The zero-order chi connectivity index (χ0) is 14.1. The Bertz CT molecular complexity index is 767. The first kappa shape index (κ1) is 12.8. The van der Waals surface area contributed by atoms with E-state index in [2.05, 4.69) is 31.2 Å². The van der Waals surface area contributed by atoms with Gasteiger partial charge in [-0.2, -0.15) is 0 Å². The second kappa shape index (κ2) is 5.05. The van der Waals surface area contributed by atoms with Gasteiger partial charge in [0, 0.05) is 4.47 Å². The van der Waals surface area contributed by atoms with Crippen molar-refractivity contribution in [2.24, 2.45) is 0 Å². The number of aromatic amines is 1. The summed E-state index contributed by atoms with van der Waals surface area (Å²) in [6.07, 6.45) is 0. The van der Waals surface area contributed by atoms with E-state index in [1.54, 1.807) is 0 Å². The van der Waals surface area contributed by atoms with Gasteiger partial charge < -0.3 is 4.98 Å². The monoisotopic (exact) mass is 333 g/mol. The van der Waals surface area contributed by atoms with Crippen LogP contribution in [0.15, 0.2) is 46.9 Å². The fourth-order valence-electron chi connectivity index (χ4n) is 1.86. The van der Waals surface area contributed by atoms with Gasteiger partial charge in [-0.25, -0.2) is 9.37 Å². The molecule has 20 heavy (non-hydrogen) atoms. The molecule has 0 aliphatic rings. The first-order chi connectivity index (χ1) is 9.63. The van der Waals surface area contributed by atoms with Crippen molar-refractivity contribution in [2.75, 3.05) is 5.32 Å². The molecule has 0 bridgehead atoms. The molecule has 4 nitrogen and oxygen atoms in total. The van der Waals surface area contributed by atoms with Crippen LogP contribution in [0.1, 0.15) is 10.4 Å².